The number of amides is 1. The van der Waals surface area contributed by atoms with Crippen molar-refractivity contribution in [2.45, 2.75) is 20.3 Å². The highest BCUT2D eigenvalue weighted by molar-refractivity contribution is 5.92. The Morgan fingerprint density at radius 1 is 1.10 bits per heavy atom. The van der Waals surface area contributed by atoms with Crippen molar-refractivity contribution < 1.29 is 13.6 Å². The molecule has 0 aliphatic carbocycles. The molecule has 0 unspecified atom stereocenters. The average molecular weight is 395 g/mol. The van der Waals surface area contributed by atoms with Crippen molar-refractivity contribution in [3.05, 3.63) is 71.1 Å². The smallest absolute Gasteiger partial charge is 0.289 e. The number of furan rings is 1. The third-order valence-corrected chi connectivity index (χ3v) is 5.63. The van der Waals surface area contributed by atoms with Crippen LogP contribution < -0.4 is 10.2 Å². The van der Waals surface area contributed by atoms with Crippen molar-refractivity contribution in [2.75, 3.05) is 37.6 Å². The predicted octanol–water partition coefficient (Wildman–Crippen LogP) is 4.05. The van der Waals surface area contributed by atoms with Crippen molar-refractivity contribution in [2.24, 2.45) is 0 Å². The zero-order valence-corrected chi connectivity index (χ0v) is 16.9. The number of anilines is 1. The Bertz CT molecular complexity index is 951. The fourth-order valence-electron chi connectivity index (χ4n) is 3.76. The number of benzene rings is 1. The summed E-state index contributed by atoms with van der Waals surface area (Å²) < 4.78 is 19.1. The molecule has 5 nitrogen and oxygen atoms in total. The number of allylic oxidation sites excluding steroid dienone is 3. The molecular weight excluding hydrogens is 369 g/mol. The molecule has 4 rings (SSSR count). The molecule has 1 aromatic heterocycles. The number of carbonyl (C=O) groups excluding carboxylic acids is 1. The molecule has 0 spiro atoms. The summed E-state index contributed by atoms with van der Waals surface area (Å²) in [7, 11) is 0. The molecule has 1 fully saturated rings. The summed E-state index contributed by atoms with van der Waals surface area (Å²) in [6.07, 6.45) is 3.13. The minimum absolute atomic E-state index is 0.0864. The maximum Gasteiger partial charge on any atom is 0.289 e. The number of hydrogen-bond acceptors (Lipinski definition) is 4. The van der Waals surface area contributed by atoms with Crippen molar-refractivity contribution >= 4 is 17.2 Å². The van der Waals surface area contributed by atoms with E-state index in [0.717, 1.165) is 29.9 Å². The molecule has 29 heavy (non-hydrogen) atoms. The van der Waals surface area contributed by atoms with E-state index in [4.69, 9.17) is 4.42 Å². The summed E-state index contributed by atoms with van der Waals surface area (Å²) in [6, 6.07) is 10.1. The van der Waals surface area contributed by atoms with Crippen LogP contribution in [-0.4, -0.2) is 43.5 Å². The Hall–Kier alpha value is -3.02. The lowest BCUT2D eigenvalue weighted by Crippen LogP contribution is -2.48. The van der Waals surface area contributed by atoms with Gasteiger partial charge in [0.1, 0.15) is 11.6 Å². The normalized spacial score (nSPS) is 17.3. The zero-order chi connectivity index (χ0) is 20.4. The van der Waals surface area contributed by atoms with Crippen LogP contribution in [-0.2, 0) is 0 Å². The number of piperazine rings is 1. The van der Waals surface area contributed by atoms with Crippen LogP contribution in [0.25, 0.3) is 5.57 Å². The van der Waals surface area contributed by atoms with E-state index in [1.54, 1.807) is 18.2 Å². The third kappa shape index (κ3) is 4.06. The lowest BCUT2D eigenvalue weighted by Gasteiger charge is -2.35. The number of rotatable bonds is 4. The van der Waals surface area contributed by atoms with Gasteiger partial charge in [-0.15, -0.1) is 0 Å². The van der Waals surface area contributed by atoms with Gasteiger partial charge in [0, 0.05) is 49.7 Å². The Kier molecular flexibility index (Phi) is 5.43. The van der Waals surface area contributed by atoms with Gasteiger partial charge < -0.3 is 19.5 Å². The lowest BCUT2D eigenvalue weighted by atomic mass is 10.0. The molecule has 0 saturated carbocycles. The summed E-state index contributed by atoms with van der Waals surface area (Å²) in [6.45, 7) is 7.65. The number of halogens is 1. The van der Waals surface area contributed by atoms with E-state index in [2.05, 4.69) is 23.2 Å². The molecule has 1 amide bonds. The summed E-state index contributed by atoms with van der Waals surface area (Å²) in [5, 5.41) is 3.38. The zero-order valence-electron chi connectivity index (χ0n) is 16.9. The van der Waals surface area contributed by atoms with E-state index in [-0.39, 0.29) is 11.7 Å². The summed E-state index contributed by atoms with van der Waals surface area (Å²) in [4.78, 5) is 16.9. The second-order valence-electron chi connectivity index (χ2n) is 7.47. The van der Waals surface area contributed by atoms with Crippen LogP contribution in [0.1, 0.15) is 36.6 Å². The Balaban J connectivity index is 1.42. The van der Waals surface area contributed by atoms with Crippen LogP contribution in [0.4, 0.5) is 10.1 Å². The molecule has 2 aliphatic rings. The number of nitrogens with zero attached hydrogens (tertiary/aromatic N) is 2. The van der Waals surface area contributed by atoms with E-state index in [1.807, 2.05) is 17.9 Å². The van der Waals surface area contributed by atoms with Crippen molar-refractivity contribution in [3.63, 3.8) is 0 Å². The van der Waals surface area contributed by atoms with Crippen LogP contribution in [0, 0.1) is 5.82 Å². The predicted molar refractivity (Wildman–Crippen MR) is 112 cm³/mol. The molecule has 152 valence electrons. The van der Waals surface area contributed by atoms with E-state index in [1.165, 1.54) is 17.7 Å². The molecule has 2 aromatic rings. The fraction of sp³-hybridized carbons (Fsp3) is 0.348. The fourth-order valence-corrected chi connectivity index (χ4v) is 3.76. The SMILES string of the molecule is CCC1=CC(c2ccc(C(=O)N3CCN(c4ccc(F)cc4)CC3)o2)=C(C)NC1. The van der Waals surface area contributed by atoms with Gasteiger partial charge in [-0.1, -0.05) is 12.5 Å². The minimum Gasteiger partial charge on any atom is -0.451 e. The van der Waals surface area contributed by atoms with Crippen molar-refractivity contribution in [3.8, 4) is 0 Å². The van der Waals surface area contributed by atoms with Gasteiger partial charge in [-0.3, -0.25) is 4.79 Å². The molecule has 0 atom stereocenters. The first-order valence-corrected chi connectivity index (χ1v) is 10.1. The van der Waals surface area contributed by atoms with Gasteiger partial charge >= 0.3 is 0 Å². The lowest BCUT2D eigenvalue weighted by molar-refractivity contribution is 0.0714. The van der Waals surface area contributed by atoms with Crippen LogP contribution in [0.15, 0.2) is 58.2 Å². The average Bonchev–Trinajstić information content (AvgIpc) is 3.24. The quantitative estimate of drug-likeness (QED) is 0.849. The molecule has 1 saturated heterocycles. The monoisotopic (exact) mass is 395 g/mol. The van der Waals surface area contributed by atoms with E-state index in [0.29, 0.717) is 37.7 Å². The van der Waals surface area contributed by atoms with E-state index >= 15 is 0 Å². The molecule has 0 radical (unpaired) electrons. The first-order chi connectivity index (χ1) is 14.0. The molecule has 3 heterocycles. The first-order valence-electron chi connectivity index (χ1n) is 10.1. The summed E-state index contributed by atoms with van der Waals surface area (Å²) >= 11 is 0. The van der Waals surface area contributed by atoms with Crippen LogP contribution in [0.3, 0.4) is 0 Å². The van der Waals surface area contributed by atoms with Crippen molar-refractivity contribution in [1.29, 1.82) is 0 Å². The number of nitrogens with one attached hydrogen (secondary N) is 1. The van der Waals surface area contributed by atoms with Crippen LogP contribution in [0.2, 0.25) is 0 Å². The first kappa shape index (κ1) is 19.3. The van der Waals surface area contributed by atoms with Gasteiger partial charge in [0.2, 0.25) is 0 Å². The van der Waals surface area contributed by atoms with Crippen LogP contribution >= 0.6 is 0 Å². The van der Waals surface area contributed by atoms with Crippen molar-refractivity contribution in [1.82, 2.24) is 10.2 Å². The molecule has 1 aromatic carbocycles. The van der Waals surface area contributed by atoms with Gasteiger partial charge in [-0.2, -0.15) is 0 Å². The topological polar surface area (TPSA) is 48.7 Å². The maximum absolute atomic E-state index is 13.1. The van der Waals surface area contributed by atoms with Gasteiger partial charge in [0.15, 0.2) is 5.76 Å². The minimum atomic E-state index is -0.240. The highest BCUT2D eigenvalue weighted by atomic mass is 19.1. The second kappa shape index (κ2) is 8.15. The maximum atomic E-state index is 13.1. The molecule has 1 N–H and O–H groups in total. The number of carbonyl (C=O) groups is 1. The number of hydrogen-bond donors (Lipinski definition) is 1. The molecule has 0 bridgehead atoms. The van der Waals surface area contributed by atoms with Gasteiger partial charge in [0.25, 0.3) is 5.91 Å². The van der Waals surface area contributed by atoms with Gasteiger partial charge in [-0.25, -0.2) is 4.39 Å². The van der Waals surface area contributed by atoms with E-state index in [9.17, 15) is 9.18 Å². The highest BCUT2D eigenvalue weighted by Gasteiger charge is 2.25. The summed E-state index contributed by atoms with van der Waals surface area (Å²) in [5.74, 6) is 0.758. The highest BCUT2D eigenvalue weighted by Crippen LogP contribution is 2.27. The Morgan fingerprint density at radius 2 is 1.83 bits per heavy atom. The van der Waals surface area contributed by atoms with E-state index < -0.39 is 0 Å². The van der Waals surface area contributed by atoms with Crippen LogP contribution in [0.5, 0.6) is 0 Å². The molecular formula is C23H26FN3O2. The third-order valence-electron chi connectivity index (χ3n) is 5.63. The largest absolute Gasteiger partial charge is 0.451 e. The molecule has 2 aliphatic heterocycles. The Morgan fingerprint density at radius 3 is 2.52 bits per heavy atom. The number of dihydropyridines is 1. The van der Waals surface area contributed by atoms with Gasteiger partial charge in [0.05, 0.1) is 0 Å². The molecule has 6 heteroatoms. The standard InChI is InChI=1S/C23H26FN3O2/c1-3-17-14-20(16(2)25-15-17)21-8-9-22(29-21)23(28)27-12-10-26(11-13-27)19-6-4-18(24)5-7-19/h4-9,14,25H,3,10-13,15H2,1-2H3. The van der Waals surface area contributed by atoms with Gasteiger partial charge in [-0.05, 0) is 55.8 Å². The summed E-state index contributed by atoms with van der Waals surface area (Å²) in [5.41, 5.74) is 4.35. The Labute approximate surface area is 170 Å². The second-order valence-corrected chi connectivity index (χ2v) is 7.47.